The molecule has 0 aliphatic carbocycles. The Morgan fingerprint density at radius 3 is 1.63 bits per heavy atom. The van der Waals surface area contributed by atoms with E-state index in [4.69, 9.17) is 46.6 Å². The summed E-state index contributed by atoms with van der Waals surface area (Å²) in [4.78, 5) is 38.8. The molecule has 0 saturated carbocycles. The fraction of sp³-hybridized carbons (Fsp3) is 0.259. The standard InChI is InChI=1S/C26H26ClNO4.C24H21ClN2O3.C4H8O/c1-18(2)32-25-14-13-22(15-23(25)27)24(29)17-28(26(30)31-3)16-19-9-11-21(12-10-19)20-7-5-4-6-8-20;1-16(2)29-22-13-12-20(14-21(22)25)23-26-27(24(28)30-23)15-17-8-10-19(11-9-17)18-6-4-3-5-7-18;1-2-4-5-3-1/h4-15,18H,16-17H2,1-3H3;3-14,16H,15H2,1-2H3;1-4H2. The van der Waals surface area contributed by atoms with Crippen molar-refractivity contribution in [1.29, 1.82) is 0 Å². The summed E-state index contributed by atoms with van der Waals surface area (Å²) in [5.74, 6) is 0.557. The summed E-state index contributed by atoms with van der Waals surface area (Å²) in [5, 5.41) is 5.12. The molecule has 1 aliphatic heterocycles. The molecule has 2 heterocycles. The van der Waals surface area contributed by atoms with E-state index in [1.165, 1.54) is 29.5 Å². The van der Waals surface area contributed by atoms with E-state index >= 15 is 0 Å². The van der Waals surface area contributed by atoms with Crippen LogP contribution >= 0.6 is 23.2 Å². The van der Waals surface area contributed by atoms with Crippen LogP contribution in [-0.4, -0.2) is 65.6 Å². The number of carbonyl (C=O) groups excluding carboxylic acids is 2. The fourth-order valence-corrected chi connectivity index (χ4v) is 7.33. The molecule has 11 nitrogen and oxygen atoms in total. The van der Waals surface area contributed by atoms with Crippen LogP contribution in [-0.2, 0) is 22.6 Å². The number of hydrogen-bond donors (Lipinski definition) is 0. The molecule has 67 heavy (non-hydrogen) atoms. The molecule has 0 atom stereocenters. The van der Waals surface area contributed by atoms with Crippen molar-refractivity contribution in [2.75, 3.05) is 26.9 Å². The zero-order valence-electron chi connectivity index (χ0n) is 38.3. The first kappa shape index (κ1) is 49.8. The number of halogens is 2. The highest BCUT2D eigenvalue weighted by Gasteiger charge is 2.21. The van der Waals surface area contributed by atoms with Gasteiger partial charge in [-0.1, -0.05) is 132 Å². The maximum Gasteiger partial charge on any atom is 0.437 e. The van der Waals surface area contributed by atoms with Crippen LogP contribution in [0.25, 0.3) is 33.7 Å². The molecule has 1 fully saturated rings. The Morgan fingerprint density at radius 2 is 1.15 bits per heavy atom. The van der Waals surface area contributed by atoms with Gasteiger partial charge in [-0.05, 0) is 110 Å². The monoisotopic (exact) mass is 943 g/mol. The lowest BCUT2D eigenvalue weighted by Gasteiger charge is -2.21. The zero-order valence-corrected chi connectivity index (χ0v) is 39.8. The number of amides is 1. The predicted molar refractivity (Wildman–Crippen MR) is 264 cm³/mol. The summed E-state index contributed by atoms with van der Waals surface area (Å²) in [6.45, 7) is 10.1. The van der Waals surface area contributed by atoms with Crippen molar-refractivity contribution in [3.8, 4) is 45.2 Å². The van der Waals surface area contributed by atoms with Crippen LogP contribution in [0.1, 0.15) is 62.0 Å². The Hall–Kier alpha value is -6.66. The number of ether oxygens (including phenoxy) is 4. The molecule has 1 aromatic heterocycles. The van der Waals surface area contributed by atoms with Crippen LogP contribution in [0.4, 0.5) is 4.79 Å². The second-order valence-electron chi connectivity index (χ2n) is 16.1. The Bertz CT molecular complexity index is 2710. The maximum atomic E-state index is 12.8. The van der Waals surface area contributed by atoms with Crippen molar-refractivity contribution in [3.05, 3.63) is 183 Å². The summed E-state index contributed by atoms with van der Waals surface area (Å²) in [6, 6.07) is 46.1. The molecule has 348 valence electrons. The smallest absolute Gasteiger partial charge is 0.437 e. The summed E-state index contributed by atoms with van der Waals surface area (Å²) in [6.07, 6.45) is 1.97. The van der Waals surface area contributed by atoms with Crippen LogP contribution in [0, 0.1) is 0 Å². The highest BCUT2D eigenvalue weighted by atomic mass is 35.5. The molecule has 0 N–H and O–H groups in total. The molecule has 0 spiro atoms. The molecular formula is C54H55Cl2N3O8. The van der Waals surface area contributed by atoms with E-state index in [-0.39, 0.29) is 37.0 Å². The minimum absolute atomic E-state index is 0.0127. The molecule has 1 aliphatic rings. The number of carbonyl (C=O) groups is 2. The third-order valence-corrected chi connectivity index (χ3v) is 10.8. The first-order valence-electron chi connectivity index (χ1n) is 22.1. The normalized spacial score (nSPS) is 11.8. The fourth-order valence-electron chi connectivity index (χ4n) is 6.88. The largest absolute Gasteiger partial charge is 0.489 e. The summed E-state index contributed by atoms with van der Waals surface area (Å²) in [7, 11) is 1.30. The number of methoxy groups -OCH3 is 1. The van der Waals surface area contributed by atoms with Crippen LogP contribution in [0.2, 0.25) is 10.0 Å². The zero-order chi connectivity index (χ0) is 47.7. The first-order chi connectivity index (χ1) is 32.4. The summed E-state index contributed by atoms with van der Waals surface area (Å²) < 4.78 is 27.7. The lowest BCUT2D eigenvalue weighted by molar-refractivity contribution is 0.0870. The number of nitrogens with zero attached hydrogens (tertiary/aromatic N) is 3. The number of Topliss-reactive ketones (excluding diaryl/α,β-unsaturated/α-hetero) is 1. The number of ketones is 1. The molecule has 7 aromatic rings. The predicted octanol–water partition coefficient (Wildman–Crippen LogP) is 12.7. The molecular weight excluding hydrogens is 890 g/mol. The average molecular weight is 945 g/mol. The Morgan fingerprint density at radius 1 is 0.657 bits per heavy atom. The molecule has 13 heteroatoms. The van der Waals surface area contributed by atoms with E-state index in [0.717, 1.165) is 46.6 Å². The molecule has 0 unspecified atom stereocenters. The van der Waals surface area contributed by atoms with Gasteiger partial charge in [-0.3, -0.25) is 9.69 Å². The number of aromatic nitrogens is 2. The van der Waals surface area contributed by atoms with Gasteiger partial charge in [0.15, 0.2) is 5.78 Å². The lowest BCUT2D eigenvalue weighted by Crippen LogP contribution is -2.35. The topological polar surface area (TPSA) is 122 Å². The van der Waals surface area contributed by atoms with Crippen LogP contribution in [0.3, 0.4) is 0 Å². The van der Waals surface area contributed by atoms with Gasteiger partial charge in [0.1, 0.15) is 11.5 Å². The van der Waals surface area contributed by atoms with Crippen LogP contribution in [0.15, 0.2) is 155 Å². The molecule has 1 amide bonds. The quantitative estimate of drug-likeness (QED) is 0.0981. The minimum atomic E-state index is -0.573. The number of rotatable bonds is 14. The van der Waals surface area contributed by atoms with Crippen molar-refractivity contribution in [2.45, 2.75) is 65.8 Å². The third-order valence-electron chi connectivity index (χ3n) is 10.2. The SMILES string of the molecule is C1CCOC1.CC(C)Oc1ccc(-c2nn(Cc3ccc(-c4ccccc4)cc3)c(=O)o2)cc1Cl.COC(=O)N(CC(=O)c1ccc(OC(C)C)c(Cl)c1)Cc1ccc(-c2ccccc2)cc1. The maximum absolute atomic E-state index is 12.8. The van der Waals surface area contributed by atoms with Crippen molar-refractivity contribution < 1.29 is 33.0 Å². The third kappa shape index (κ3) is 14.9. The highest BCUT2D eigenvalue weighted by Crippen LogP contribution is 2.31. The van der Waals surface area contributed by atoms with E-state index in [9.17, 15) is 14.4 Å². The van der Waals surface area contributed by atoms with Gasteiger partial charge in [0.25, 0.3) is 0 Å². The van der Waals surface area contributed by atoms with E-state index in [0.29, 0.717) is 39.2 Å². The molecule has 0 bridgehead atoms. The lowest BCUT2D eigenvalue weighted by atomic mass is 10.0. The van der Waals surface area contributed by atoms with Crippen molar-refractivity contribution in [3.63, 3.8) is 0 Å². The van der Waals surface area contributed by atoms with Crippen LogP contribution in [0.5, 0.6) is 11.5 Å². The van der Waals surface area contributed by atoms with Gasteiger partial charge in [0.2, 0.25) is 5.89 Å². The van der Waals surface area contributed by atoms with Crippen molar-refractivity contribution in [1.82, 2.24) is 14.7 Å². The Kier molecular flexibility index (Phi) is 18.4. The van der Waals surface area contributed by atoms with Gasteiger partial charge in [-0.25, -0.2) is 9.59 Å². The summed E-state index contributed by atoms with van der Waals surface area (Å²) in [5.41, 5.74) is 7.31. The second-order valence-corrected chi connectivity index (χ2v) is 17.0. The van der Waals surface area contributed by atoms with Crippen LogP contribution < -0.4 is 15.2 Å². The Labute approximate surface area is 401 Å². The first-order valence-corrected chi connectivity index (χ1v) is 22.9. The summed E-state index contributed by atoms with van der Waals surface area (Å²) >= 11 is 12.5. The molecule has 0 radical (unpaired) electrons. The molecule has 8 rings (SSSR count). The minimum Gasteiger partial charge on any atom is -0.489 e. The number of hydrogen-bond acceptors (Lipinski definition) is 9. The van der Waals surface area contributed by atoms with E-state index in [1.54, 1.807) is 36.4 Å². The van der Waals surface area contributed by atoms with Gasteiger partial charge in [-0.2, -0.15) is 4.68 Å². The van der Waals surface area contributed by atoms with Gasteiger partial charge >= 0.3 is 11.8 Å². The van der Waals surface area contributed by atoms with Gasteiger partial charge in [0.05, 0.1) is 42.5 Å². The van der Waals surface area contributed by atoms with Gasteiger partial charge in [0, 0.05) is 30.9 Å². The van der Waals surface area contributed by atoms with Gasteiger partial charge < -0.3 is 23.4 Å². The van der Waals surface area contributed by atoms with E-state index in [1.807, 2.05) is 125 Å². The van der Waals surface area contributed by atoms with Crippen molar-refractivity contribution >= 4 is 35.1 Å². The van der Waals surface area contributed by atoms with E-state index in [2.05, 4.69) is 17.2 Å². The second kappa shape index (κ2) is 24.7. The number of benzene rings is 6. The van der Waals surface area contributed by atoms with E-state index < -0.39 is 11.8 Å². The molecule has 6 aromatic carbocycles. The van der Waals surface area contributed by atoms with Gasteiger partial charge in [-0.15, -0.1) is 5.10 Å². The van der Waals surface area contributed by atoms with Crippen molar-refractivity contribution in [2.24, 2.45) is 0 Å². The Balaban J connectivity index is 0.000000200. The highest BCUT2D eigenvalue weighted by molar-refractivity contribution is 6.32. The average Bonchev–Trinajstić information content (AvgIpc) is 4.05. The molecule has 1 saturated heterocycles.